The van der Waals surface area contributed by atoms with Gasteiger partial charge in [-0.2, -0.15) is 5.26 Å². The number of nitriles is 1. The average Bonchev–Trinajstić information content (AvgIpc) is 2.72. The van der Waals surface area contributed by atoms with Gasteiger partial charge in [-0.15, -0.1) is 0 Å². The van der Waals surface area contributed by atoms with Crippen LogP contribution >= 0.6 is 0 Å². The van der Waals surface area contributed by atoms with Crippen molar-refractivity contribution in [2.24, 2.45) is 5.41 Å². The first-order chi connectivity index (χ1) is 13.1. The normalized spacial score (nSPS) is 16.0. The van der Waals surface area contributed by atoms with E-state index < -0.39 is 0 Å². The minimum atomic E-state index is 0.210. The van der Waals surface area contributed by atoms with Crippen LogP contribution in [0.1, 0.15) is 45.6 Å². The number of hydrogen-bond acceptors (Lipinski definition) is 3. The minimum Gasteiger partial charge on any atom is -0.497 e. The van der Waals surface area contributed by atoms with Gasteiger partial charge < -0.3 is 4.74 Å². The van der Waals surface area contributed by atoms with Crippen molar-refractivity contribution in [3.63, 3.8) is 0 Å². The van der Waals surface area contributed by atoms with Gasteiger partial charge in [0, 0.05) is 13.0 Å². The maximum Gasteiger partial charge on any atom is 0.119 e. The van der Waals surface area contributed by atoms with E-state index in [0.717, 1.165) is 38.2 Å². The van der Waals surface area contributed by atoms with Gasteiger partial charge in [0.1, 0.15) is 5.75 Å². The molecule has 0 unspecified atom stereocenters. The zero-order valence-electron chi connectivity index (χ0n) is 17.2. The molecule has 1 fully saturated rings. The Bertz CT molecular complexity index is 738. The third kappa shape index (κ3) is 5.84. The zero-order valence-corrected chi connectivity index (χ0v) is 17.2. The molecule has 1 aliphatic heterocycles. The molecule has 0 N–H and O–H groups in total. The first kappa shape index (κ1) is 21.0. The Morgan fingerprint density at radius 2 is 1.70 bits per heavy atom. The Labute approximate surface area is 164 Å². The van der Waals surface area contributed by atoms with E-state index in [9.17, 15) is 0 Å². The van der Waals surface area contributed by atoms with Crippen LogP contribution in [0, 0.1) is 16.7 Å². The van der Waals surface area contributed by atoms with Crippen molar-refractivity contribution in [3.8, 4) is 22.9 Å². The van der Waals surface area contributed by atoms with Gasteiger partial charge in [-0.05, 0) is 60.2 Å². The van der Waals surface area contributed by atoms with E-state index in [2.05, 4.69) is 54.3 Å². The number of piperidine rings is 1. The third-order valence-corrected chi connectivity index (χ3v) is 5.33. The monoisotopic (exact) mass is 364 g/mol. The van der Waals surface area contributed by atoms with E-state index in [4.69, 9.17) is 10.00 Å². The highest BCUT2D eigenvalue weighted by Gasteiger charge is 2.29. The minimum absolute atomic E-state index is 0.210. The summed E-state index contributed by atoms with van der Waals surface area (Å²) in [7, 11) is 1.70. The summed E-state index contributed by atoms with van der Waals surface area (Å²) >= 11 is 0. The van der Waals surface area contributed by atoms with Crippen LogP contribution in [0.4, 0.5) is 0 Å². The van der Waals surface area contributed by atoms with E-state index in [0.29, 0.717) is 6.42 Å². The molecule has 0 aromatic heterocycles. The lowest BCUT2D eigenvalue weighted by atomic mass is 9.78. The first-order valence-corrected chi connectivity index (χ1v) is 9.95. The van der Waals surface area contributed by atoms with Gasteiger partial charge in [0.05, 0.1) is 13.2 Å². The highest BCUT2D eigenvalue weighted by Crippen LogP contribution is 2.34. The quantitative estimate of drug-likeness (QED) is 0.662. The van der Waals surface area contributed by atoms with Crippen LogP contribution in [-0.2, 0) is 6.54 Å². The van der Waals surface area contributed by atoms with Crippen LogP contribution in [0.5, 0.6) is 5.75 Å². The lowest BCUT2D eigenvalue weighted by Crippen LogP contribution is -2.38. The Morgan fingerprint density at radius 1 is 1.04 bits per heavy atom. The summed E-state index contributed by atoms with van der Waals surface area (Å²) < 4.78 is 5.31. The van der Waals surface area contributed by atoms with E-state index in [1.165, 1.54) is 16.7 Å². The molecule has 0 bridgehead atoms. The summed E-state index contributed by atoms with van der Waals surface area (Å²) in [5.74, 6) is 0.885. The Hall–Kier alpha value is -2.31. The van der Waals surface area contributed by atoms with Crippen LogP contribution in [0.15, 0.2) is 48.5 Å². The molecule has 1 aliphatic rings. The molecule has 2 aromatic rings. The predicted octanol–water partition coefficient (Wildman–Crippen LogP) is 5.90. The lowest BCUT2D eigenvalue weighted by Gasteiger charge is -2.38. The van der Waals surface area contributed by atoms with Gasteiger partial charge in [-0.3, -0.25) is 4.90 Å². The van der Waals surface area contributed by atoms with E-state index in [-0.39, 0.29) is 5.41 Å². The molecule has 0 saturated carbocycles. The Morgan fingerprint density at radius 3 is 2.30 bits per heavy atom. The number of methoxy groups -OCH3 is 1. The first-order valence-electron chi connectivity index (χ1n) is 9.95. The number of likely N-dealkylation sites (tertiary alicyclic amines) is 1. The lowest BCUT2D eigenvalue weighted by molar-refractivity contribution is 0.116. The number of hydrogen-bond donors (Lipinski definition) is 0. The maximum atomic E-state index is 8.97. The molecule has 3 rings (SSSR count). The summed E-state index contributed by atoms with van der Waals surface area (Å²) in [6, 6.07) is 19.3. The van der Waals surface area contributed by atoms with E-state index >= 15 is 0 Å². The second-order valence-electron chi connectivity index (χ2n) is 7.35. The average molecular weight is 365 g/mol. The van der Waals surface area contributed by atoms with Crippen LogP contribution in [-0.4, -0.2) is 25.1 Å². The number of nitrogens with zero attached hydrogens (tertiary/aromatic N) is 2. The smallest absolute Gasteiger partial charge is 0.119 e. The molecule has 0 radical (unpaired) electrons. The van der Waals surface area contributed by atoms with Gasteiger partial charge in [0.2, 0.25) is 0 Å². The molecule has 1 heterocycles. The molecule has 2 aromatic carbocycles. The van der Waals surface area contributed by atoms with Gasteiger partial charge >= 0.3 is 0 Å². The molecule has 0 atom stereocenters. The van der Waals surface area contributed by atoms with E-state index in [1.54, 1.807) is 7.11 Å². The molecule has 0 amide bonds. The zero-order chi connectivity index (χ0) is 19.7. The van der Waals surface area contributed by atoms with Crippen LogP contribution in [0.3, 0.4) is 0 Å². The molecule has 0 spiro atoms. The van der Waals surface area contributed by atoms with Crippen molar-refractivity contribution in [2.45, 2.75) is 46.6 Å². The molecule has 144 valence electrons. The van der Waals surface area contributed by atoms with Crippen LogP contribution < -0.4 is 4.74 Å². The summed E-state index contributed by atoms with van der Waals surface area (Å²) in [4.78, 5) is 2.50. The Kier molecular flexibility index (Phi) is 7.88. The maximum absolute atomic E-state index is 8.97. The molecule has 1 saturated heterocycles. The fourth-order valence-corrected chi connectivity index (χ4v) is 3.48. The number of benzene rings is 2. The van der Waals surface area contributed by atoms with E-state index in [1.807, 2.05) is 26.0 Å². The van der Waals surface area contributed by atoms with Crippen molar-refractivity contribution in [1.82, 2.24) is 4.90 Å². The van der Waals surface area contributed by atoms with Crippen molar-refractivity contribution in [3.05, 3.63) is 54.1 Å². The largest absolute Gasteiger partial charge is 0.497 e. The summed E-state index contributed by atoms with van der Waals surface area (Å²) in [5.41, 5.74) is 3.94. The molecule has 27 heavy (non-hydrogen) atoms. The SMILES string of the molecule is CC.COc1cccc(-c2ccc(CN3CCC(C)(CC#N)CC3)cc2)c1. The molecular weight excluding hydrogens is 332 g/mol. The third-order valence-electron chi connectivity index (χ3n) is 5.33. The van der Waals surface area contributed by atoms with Crippen molar-refractivity contribution in [2.75, 3.05) is 20.2 Å². The molecule has 0 aliphatic carbocycles. The Balaban J connectivity index is 0.00000126. The topological polar surface area (TPSA) is 36.3 Å². The van der Waals surface area contributed by atoms with Gasteiger partial charge in [-0.1, -0.05) is 57.2 Å². The summed E-state index contributed by atoms with van der Waals surface area (Å²) in [6.45, 7) is 9.39. The highest BCUT2D eigenvalue weighted by atomic mass is 16.5. The van der Waals surface area contributed by atoms with Crippen molar-refractivity contribution in [1.29, 1.82) is 5.26 Å². The fourth-order valence-electron chi connectivity index (χ4n) is 3.48. The number of rotatable bonds is 5. The van der Waals surface area contributed by atoms with Gasteiger partial charge in [0.25, 0.3) is 0 Å². The standard InChI is InChI=1S/C22H26N2O.C2H6/c1-22(10-13-23)11-14-24(15-12-22)17-18-6-8-19(9-7-18)20-4-3-5-21(16-20)25-2;1-2/h3-9,16H,10-12,14-15,17H2,1-2H3;1-2H3. The molecular formula is C24H32N2O. The van der Waals surface area contributed by atoms with Gasteiger partial charge in [-0.25, -0.2) is 0 Å². The van der Waals surface area contributed by atoms with Gasteiger partial charge in [0.15, 0.2) is 0 Å². The van der Waals surface area contributed by atoms with Crippen molar-refractivity contribution >= 4 is 0 Å². The van der Waals surface area contributed by atoms with Crippen LogP contribution in [0.2, 0.25) is 0 Å². The second kappa shape index (κ2) is 10.1. The number of ether oxygens (including phenoxy) is 1. The molecule has 3 nitrogen and oxygen atoms in total. The van der Waals surface area contributed by atoms with Crippen molar-refractivity contribution < 1.29 is 4.74 Å². The predicted molar refractivity (Wildman–Crippen MR) is 113 cm³/mol. The summed E-state index contributed by atoms with van der Waals surface area (Å²) in [5, 5.41) is 8.97. The second-order valence-corrected chi connectivity index (χ2v) is 7.35. The van der Waals surface area contributed by atoms with Crippen LogP contribution in [0.25, 0.3) is 11.1 Å². The molecule has 3 heteroatoms. The highest BCUT2D eigenvalue weighted by molar-refractivity contribution is 5.65. The fraction of sp³-hybridized carbons (Fsp3) is 0.458. The summed E-state index contributed by atoms with van der Waals surface area (Å²) in [6.07, 6.45) is 2.90.